The van der Waals surface area contributed by atoms with E-state index in [9.17, 15) is 0 Å². The van der Waals surface area contributed by atoms with Crippen LogP contribution in [0.4, 0.5) is 0 Å². The smallest absolute Gasteiger partial charge is 0.119 e. The van der Waals surface area contributed by atoms with Crippen LogP contribution in [-0.2, 0) is 7.05 Å². The molecule has 1 atom stereocenters. The van der Waals surface area contributed by atoms with E-state index >= 15 is 0 Å². The van der Waals surface area contributed by atoms with Crippen LogP contribution in [0.3, 0.4) is 0 Å². The Morgan fingerprint density at radius 2 is 2.19 bits per heavy atom. The number of methoxy groups -OCH3 is 1. The van der Waals surface area contributed by atoms with Crippen molar-refractivity contribution in [2.24, 2.45) is 12.8 Å². The van der Waals surface area contributed by atoms with Gasteiger partial charge >= 0.3 is 0 Å². The average molecular weight is 284 g/mol. The predicted octanol–water partition coefficient (Wildman–Crippen LogP) is 2.31. The van der Waals surface area contributed by atoms with Gasteiger partial charge in [0.15, 0.2) is 0 Å². The second-order valence-corrected chi connectivity index (χ2v) is 5.28. The van der Waals surface area contributed by atoms with E-state index in [0.717, 1.165) is 28.0 Å². The second-order valence-electron chi connectivity index (χ2n) is 5.28. The van der Waals surface area contributed by atoms with E-state index < -0.39 is 0 Å². The van der Waals surface area contributed by atoms with Crippen molar-refractivity contribution in [1.29, 1.82) is 0 Å². The molecule has 110 valence electrons. The molecule has 0 aliphatic carbocycles. The van der Waals surface area contributed by atoms with Crippen molar-refractivity contribution in [2.75, 3.05) is 13.7 Å². The molecule has 1 aromatic carbocycles. The fourth-order valence-corrected chi connectivity index (χ4v) is 2.90. The topological polar surface area (TPSA) is 68.9 Å². The molecule has 0 saturated carbocycles. The summed E-state index contributed by atoms with van der Waals surface area (Å²) in [5, 5.41) is 5.57. The van der Waals surface area contributed by atoms with Gasteiger partial charge in [0.1, 0.15) is 5.75 Å². The molecule has 0 aliphatic heterocycles. The molecule has 0 spiro atoms. The first-order valence-corrected chi connectivity index (χ1v) is 6.99. The van der Waals surface area contributed by atoms with Crippen molar-refractivity contribution in [2.45, 2.75) is 12.8 Å². The summed E-state index contributed by atoms with van der Waals surface area (Å²) in [6.45, 7) is 2.53. The van der Waals surface area contributed by atoms with Crippen LogP contribution >= 0.6 is 0 Å². The Labute approximate surface area is 123 Å². The molecule has 3 N–H and O–H groups in total. The number of nitrogens with two attached hydrogens (primary N) is 1. The summed E-state index contributed by atoms with van der Waals surface area (Å²) >= 11 is 0. The van der Waals surface area contributed by atoms with Gasteiger partial charge in [-0.15, -0.1) is 0 Å². The molecule has 3 rings (SSSR count). The maximum atomic E-state index is 6.05. The minimum Gasteiger partial charge on any atom is -0.497 e. The molecule has 2 heterocycles. The van der Waals surface area contributed by atoms with E-state index in [1.165, 1.54) is 5.56 Å². The van der Waals surface area contributed by atoms with Crippen molar-refractivity contribution < 1.29 is 4.74 Å². The number of nitrogens with zero attached hydrogens (tertiary/aromatic N) is 2. The Morgan fingerprint density at radius 3 is 2.81 bits per heavy atom. The minimum atomic E-state index is 0.108. The van der Waals surface area contributed by atoms with Gasteiger partial charge in [0.05, 0.1) is 12.8 Å². The number of rotatable bonds is 4. The van der Waals surface area contributed by atoms with Crippen LogP contribution < -0.4 is 10.5 Å². The van der Waals surface area contributed by atoms with Crippen molar-refractivity contribution in [3.8, 4) is 5.75 Å². The highest BCUT2D eigenvalue weighted by atomic mass is 16.5. The molecule has 21 heavy (non-hydrogen) atoms. The van der Waals surface area contributed by atoms with E-state index in [2.05, 4.69) is 16.1 Å². The lowest BCUT2D eigenvalue weighted by molar-refractivity contribution is 0.415. The van der Waals surface area contributed by atoms with Gasteiger partial charge in [-0.25, -0.2) is 0 Å². The predicted molar refractivity (Wildman–Crippen MR) is 83.7 cm³/mol. The molecule has 0 saturated heterocycles. The summed E-state index contributed by atoms with van der Waals surface area (Å²) in [5.41, 5.74) is 10.4. The average Bonchev–Trinajstić information content (AvgIpc) is 3.04. The van der Waals surface area contributed by atoms with Crippen molar-refractivity contribution in [3.05, 3.63) is 47.4 Å². The first-order valence-electron chi connectivity index (χ1n) is 6.99. The van der Waals surface area contributed by atoms with Crippen LogP contribution in [0.2, 0.25) is 0 Å². The first-order chi connectivity index (χ1) is 10.1. The molecule has 0 bridgehead atoms. The summed E-state index contributed by atoms with van der Waals surface area (Å²) in [6, 6.07) is 8.12. The zero-order valence-electron chi connectivity index (χ0n) is 12.6. The molecular formula is C16H20N4O. The molecule has 0 amide bonds. The first kappa shape index (κ1) is 13.7. The SMILES string of the molecule is COc1ccc2[nH]cc(C(CN)c3cc(C)nn3C)c2c1. The highest BCUT2D eigenvalue weighted by molar-refractivity contribution is 5.85. The number of ether oxygens (including phenoxy) is 1. The van der Waals surface area contributed by atoms with Gasteiger partial charge in [-0.1, -0.05) is 0 Å². The Bertz CT molecular complexity index is 772. The molecule has 0 fully saturated rings. The normalized spacial score (nSPS) is 12.8. The standard InChI is InChI=1S/C16H20N4O/c1-10-6-16(20(2)19-10)13(8-17)14-9-18-15-5-4-11(21-3)7-12(14)15/h4-7,9,13,18H,8,17H2,1-3H3. The lowest BCUT2D eigenvalue weighted by Gasteiger charge is -2.15. The van der Waals surface area contributed by atoms with E-state index in [1.54, 1.807) is 7.11 Å². The summed E-state index contributed by atoms with van der Waals surface area (Å²) in [5.74, 6) is 0.956. The number of aryl methyl sites for hydroxylation is 2. The van der Waals surface area contributed by atoms with E-state index in [-0.39, 0.29) is 5.92 Å². The van der Waals surface area contributed by atoms with Gasteiger partial charge in [-0.3, -0.25) is 4.68 Å². The van der Waals surface area contributed by atoms with Gasteiger partial charge < -0.3 is 15.5 Å². The summed E-state index contributed by atoms with van der Waals surface area (Å²) < 4.78 is 7.24. The number of hydrogen-bond acceptors (Lipinski definition) is 3. The number of aromatic nitrogens is 3. The minimum absolute atomic E-state index is 0.108. The van der Waals surface area contributed by atoms with Gasteiger partial charge in [-0.2, -0.15) is 5.10 Å². The summed E-state index contributed by atoms with van der Waals surface area (Å²) in [4.78, 5) is 3.31. The molecule has 0 radical (unpaired) electrons. The number of nitrogens with one attached hydrogen (secondary N) is 1. The molecule has 5 nitrogen and oxygen atoms in total. The Hall–Kier alpha value is -2.27. The molecule has 2 aromatic heterocycles. The van der Waals surface area contributed by atoms with Crippen LogP contribution in [0.1, 0.15) is 22.9 Å². The highest BCUT2D eigenvalue weighted by Gasteiger charge is 2.20. The number of benzene rings is 1. The Morgan fingerprint density at radius 1 is 1.38 bits per heavy atom. The van der Waals surface area contributed by atoms with Gasteiger partial charge in [0.25, 0.3) is 0 Å². The van der Waals surface area contributed by atoms with Crippen LogP contribution in [-0.4, -0.2) is 28.4 Å². The maximum absolute atomic E-state index is 6.05. The fourth-order valence-electron chi connectivity index (χ4n) is 2.90. The lowest BCUT2D eigenvalue weighted by atomic mass is 9.95. The van der Waals surface area contributed by atoms with Crippen LogP contribution in [0.5, 0.6) is 5.75 Å². The van der Waals surface area contributed by atoms with Crippen molar-refractivity contribution in [3.63, 3.8) is 0 Å². The zero-order valence-corrected chi connectivity index (χ0v) is 12.6. The molecule has 0 aliphatic rings. The number of fused-ring (bicyclic) bond motifs is 1. The number of aromatic amines is 1. The quantitative estimate of drug-likeness (QED) is 0.772. The van der Waals surface area contributed by atoms with Crippen LogP contribution in [0.15, 0.2) is 30.5 Å². The van der Waals surface area contributed by atoms with Gasteiger partial charge in [-0.05, 0) is 36.8 Å². The molecule has 1 unspecified atom stereocenters. The number of hydrogen-bond donors (Lipinski definition) is 2. The highest BCUT2D eigenvalue weighted by Crippen LogP contribution is 2.32. The third kappa shape index (κ3) is 2.29. The van der Waals surface area contributed by atoms with Crippen molar-refractivity contribution in [1.82, 2.24) is 14.8 Å². The summed E-state index contributed by atoms with van der Waals surface area (Å²) in [6.07, 6.45) is 2.03. The van der Waals surface area contributed by atoms with E-state index in [1.807, 2.05) is 43.0 Å². The lowest BCUT2D eigenvalue weighted by Crippen LogP contribution is -2.16. The molecule has 5 heteroatoms. The van der Waals surface area contributed by atoms with E-state index in [4.69, 9.17) is 10.5 Å². The monoisotopic (exact) mass is 284 g/mol. The zero-order chi connectivity index (χ0) is 15.0. The number of H-pyrrole nitrogens is 1. The summed E-state index contributed by atoms with van der Waals surface area (Å²) in [7, 11) is 3.64. The van der Waals surface area contributed by atoms with Gasteiger partial charge in [0, 0.05) is 42.3 Å². The second kappa shape index (κ2) is 5.26. The molecule has 3 aromatic rings. The fraction of sp³-hybridized carbons (Fsp3) is 0.312. The third-order valence-corrected chi connectivity index (χ3v) is 3.93. The van der Waals surface area contributed by atoms with Crippen LogP contribution in [0.25, 0.3) is 10.9 Å². The Kier molecular flexibility index (Phi) is 3.43. The van der Waals surface area contributed by atoms with Crippen molar-refractivity contribution >= 4 is 10.9 Å². The van der Waals surface area contributed by atoms with Crippen LogP contribution in [0, 0.1) is 6.92 Å². The largest absolute Gasteiger partial charge is 0.497 e. The molecular weight excluding hydrogens is 264 g/mol. The maximum Gasteiger partial charge on any atom is 0.119 e. The third-order valence-electron chi connectivity index (χ3n) is 3.93. The Balaban J connectivity index is 2.14. The van der Waals surface area contributed by atoms with Gasteiger partial charge in [0.2, 0.25) is 0 Å². The van der Waals surface area contributed by atoms with E-state index in [0.29, 0.717) is 6.54 Å².